The Morgan fingerprint density at radius 3 is 2.64 bits per heavy atom. The van der Waals surface area contributed by atoms with E-state index in [-0.39, 0.29) is 5.69 Å². The fourth-order valence-corrected chi connectivity index (χ4v) is 2.47. The maximum Gasteiger partial charge on any atom is 0.251 e. The zero-order valence-electron chi connectivity index (χ0n) is 11.9. The van der Waals surface area contributed by atoms with Crippen LogP contribution < -0.4 is 0 Å². The molecule has 22 heavy (non-hydrogen) atoms. The molecule has 1 aromatic heterocycles. The molecule has 2 aromatic rings. The number of carbonyl (C=O) groups is 2. The van der Waals surface area contributed by atoms with Gasteiger partial charge in [-0.25, -0.2) is 4.98 Å². The lowest BCUT2D eigenvalue weighted by molar-refractivity contribution is 0.0812. The molecule has 0 aliphatic heterocycles. The lowest BCUT2D eigenvalue weighted by Gasteiger charge is -2.11. The summed E-state index contributed by atoms with van der Waals surface area (Å²) in [5.74, 6) is -0.426. The van der Waals surface area contributed by atoms with E-state index in [4.69, 9.17) is 0 Å². The number of imidazole rings is 1. The predicted molar refractivity (Wildman–Crippen MR) is 84.9 cm³/mol. The van der Waals surface area contributed by atoms with E-state index in [1.165, 1.54) is 0 Å². The molecular formula is C18H14N2O2. The zero-order chi connectivity index (χ0) is 15.7. The highest BCUT2D eigenvalue weighted by Gasteiger charge is 2.33. The number of hydrogen-bond donors (Lipinski definition) is 1. The van der Waals surface area contributed by atoms with Gasteiger partial charge < -0.3 is 4.98 Å². The summed E-state index contributed by atoms with van der Waals surface area (Å²) >= 11 is 0. The molecule has 108 valence electrons. The molecule has 0 radical (unpaired) electrons. The van der Waals surface area contributed by atoms with Gasteiger partial charge in [0.2, 0.25) is 5.78 Å². The maximum absolute atomic E-state index is 12.2. The predicted octanol–water partition coefficient (Wildman–Crippen LogP) is 3.30. The molecule has 0 saturated heterocycles. The van der Waals surface area contributed by atoms with E-state index in [0.717, 1.165) is 5.57 Å². The third-order valence-electron chi connectivity index (χ3n) is 3.48. The van der Waals surface area contributed by atoms with Crippen LogP contribution in [0.3, 0.4) is 0 Å². The first kappa shape index (κ1) is 13.9. The van der Waals surface area contributed by atoms with Gasteiger partial charge in [0.1, 0.15) is 17.2 Å². The molecule has 0 atom stereocenters. The summed E-state index contributed by atoms with van der Waals surface area (Å²) in [6.07, 6.45) is 5.75. The Balaban J connectivity index is 2.02. The number of nitrogens with zero attached hydrogens (tertiary/aromatic N) is 1. The number of allylic oxidation sites excluding steroid dienone is 4. The molecular weight excluding hydrogens is 276 g/mol. The van der Waals surface area contributed by atoms with Crippen LogP contribution in [-0.2, 0) is 6.42 Å². The molecule has 0 amide bonds. The minimum absolute atomic E-state index is 0.263. The number of nitrogens with one attached hydrogen (secondary N) is 1. The molecule has 1 aromatic carbocycles. The Hall–Kier alpha value is -3.01. The second-order valence-corrected chi connectivity index (χ2v) is 5.04. The smallest absolute Gasteiger partial charge is 0.251 e. The standard InChI is InChI=1S/C18H14N2O2/c1-3-4-7-11(2)10-14-19-15-12-8-5-6-9-13(12)17(21)18(22)16(15)20-14/h3-9H,1-2,10H2,(H,19,20). The summed E-state index contributed by atoms with van der Waals surface area (Å²) in [5.41, 5.74) is 2.73. The third-order valence-corrected chi connectivity index (χ3v) is 3.48. The number of fused-ring (bicyclic) bond motifs is 3. The molecule has 0 saturated carbocycles. The molecule has 1 aliphatic rings. The van der Waals surface area contributed by atoms with Crippen molar-refractivity contribution in [1.82, 2.24) is 9.97 Å². The molecule has 0 spiro atoms. The molecule has 0 bridgehead atoms. The molecule has 4 nitrogen and oxygen atoms in total. The summed E-state index contributed by atoms with van der Waals surface area (Å²) in [6, 6.07) is 7.02. The minimum atomic E-state index is -0.542. The van der Waals surface area contributed by atoms with Crippen molar-refractivity contribution in [3.8, 4) is 11.3 Å². The third kappa shape index (κ3) is 2.24. The Labute approximate surface area is 127 Å². The second-order valence-electron chi connectivity index (χ2n) is 5.04. The van der Waals surface area contributed by atoms with Gasteiger partial charge in [-0.15, -0.1) is 0 Å². The molecule has 4 heteroatoms. The van der Waals surface area contributed by atoms with Crippen molar-refractivity contribution < 1.29 is 9.59 Å². The van der Waals surface area contributed by atoms with Crippen molar-refractivity contribution in [1.29, 1.82) is 0 Å². The van der Waals surface area contributed by atoms with Crippen molar-refractivity contribution >= 4 is 11.6 Å². The van der Waals surface area contributed by atoms with E-state index in [0.29, 0.717) is 29.1 Å². The fourth-order valence-electron chi connectivity index (χ4n) is 2.47. The van der Waals surface area contributed by atoms with Crippen molar-refractivity contribution in [2.24, 2.45) is 0 Å². The van der Waals surface area contributed by atoms with Gasteiger partial charge in [-0.1, -0.05) is 55.7 Å². The van der Waals surface area contributed by atoms with E-state index in [1.807, 2.05) is 12.1 Å². The summed E-state index contributed by atoms with van der Waals surface area (Å²) in [7, 11) is 0. The number of benzene rings is 1. The Kier molecular flexibility index (Phi) is 3.43. The molecule has 0 unspecified atom stereocenters. The van der Waals surface area contributed by atoms with Crippen LogP contribution in [0, 0.1) is 0 Å². The largest absolute Gasteiger partial charge is 0.338 e. The Bertz CT molecular complexity index is 841. The average molecular weight is 290 g/mol. The number of hydrogen-bond acceptors (Lipinski definition) is 3. The second kappa shape index (κ2) is 5.41. The van der Waals surface area contributed by atoms with E-state index >= 15 is 0 Å². The van der Waals surface area contributed by atoms with Crippen LogP contribution >= 0.6 is 0 Å². The van der Waals surface area contributed by atoms with Crippen LogP contribution in [0.15, 0.2) is 61.2 Å². The highest BCUT2D eigenvalue weighted by molar-refractivity contribution is 6.52. The summed E-state index contributed by atoms with van der Waals surface area (Å²) in [5, 5.41) is 0. The fraction of sp³-hybridized carbons (Fsp3) is 0.0556. The van der Waals surface area contributed by atoms with Crippen molar-refractivity contribution in [2.45, 2.75) is 6.42 Å². The van der Waals surface area contributed by atoms with E-state index in [2.05, 4.69) is 23.1 Å². The number of Topliss-reactive ketones (excluding diaryl/α,β-unsaturated/α-hetero) is 2. The van der Waals surface area contributed by atoms with Crippen LogP contribution in [0.4, 0.5) is 0 Å². The van der Waals surface area contributed by atoms with Gasteiger partial charge in [-0.2, -0.15) is 0 Å². The van der Waals surface area contributed by atoms with Gasteiger partial charge in [-0.05, 0) is 5.57 Å². The van der Waals surface area contributed by atoms with Crippen LogP contribution in [0.25, 0.3) is 11.3 Å². The maximum atomic E-state index is 12.2. The van der Waals surface area contributed by atoms with Gasteiger partial charge in [0.05, 0.1) is 0 Å². The van der Waals surface area contributed by atoms with Crippen LogP contribution in [-0.4, -0.2) is 21.5 Å². The van der Waals surface area contributed by atoms with Crippen LogP contribution in [0.5, 0.6) is 0 Å². The lowest BCUT2D eigenvalue weighted by atomic mass is 9.90. The van der Waals surface area contributed by atoms with Gasteiger partial charge in [0.15, 0.2) is 0 Å². The zero-order valence-corrected chi connectivity index (χ0v) is 11.9. The van der Waals surface area contributed by atoms with Gasteiger partial charge in [-0.3, -0.25) is 9.59 Å². The quantitative estimate of drug-likeness (QED) is 0.694. The summed E-state index contributed by atoms with van der Waals surface area (Å²) in [4.78, 5) is 31.7. The first-order valence-corrected chi connectivity index (χ1v) is 6.86. The SMILES string of the molecule is C=CC=CC(=C)Cc1nc2c([nH]1)C(=O)C(=O)c1ccccc1-2. The number of ketones is 2. The van der Waals surface area contributed by atoms with Gasteiger partial charge >= 0.3 is 0 Å². The van der Waals surface area contributed by atoms with Crippen molar-refractivity contribution in [3.05, 3.63) is 78.3 Å². The van der Waals surface area contributed by atoms with Crippen LogP contribution in [0.1, 0.15) is 26.7 Å². The Morgan fingerprint density at radius 1 is 1.18 bits per heavy atom. The summed E-state index contributed by atoms with van der Waals surface area (Å²) in [6.45, 7) is 7.53. The van der Waals surface area contributed by atoms with E-state index < -0.39 is 11.6 Å². The highest BCUT2D eigenvalue weighted by atomic mass is 16.2. The topological polar surface area (TPSA) is 62.8 Å². The molecule has 3 rings (SSSR count). The van der Waals surface area contributed by atoms with Crippen LogP contribution in [0.2, 0.25) is 0 Å². The Morgan fingerprint density at radius 2 is 1.91 bits per heavy atom. The van der Waals surface area contributed by atoms with Gasteiger partial charge in [0.25, 0.3) is 5.78 Å². The number of carbonyl (C=O) groups excluding carboxylic acids is 2. The monoisotopic (exact) mass is 290 g/mol. The minimum Gasteiger partial charge on any atom is -0.338 e. The number of H-pyrrole nitrogens is 1. The molecule has 0 fully saturated rings. The highest BCUT2D eigenvalue weighted by Crippen LogP contribution is 2.31. The van der Waals surface area contributed by atoms with Crippen molar-refractivity contribution in [3.63, 3.8) is 0 Å². The average Bonchev–Trinajstić information content (AvgIpc) is 2.94. The first-order valence-electron chi connectivity index (χ1n) is 6.86. The summed E-state index contributed by atoms with van der Waals surface area (Å²) < 4.78 is 0. The van der Waals surface area contributed by atoms with Gasteiger partial charge in [0, 0.05) is 17.5 Å². The normalized spacial score (nSPS) is 13.1. The lowest BCUT2D eigenvalue weighted by Crippen LogP contribution is -2.21. The molecule has 1 aliphatic carbocycles. The van der Waals surface area contributed by atoms with E-state index in [1.54, 1.807) is 30.4 Å². The molecule has 1 heterocycles. The van der Waals surface area contributed by atoms with Crippen molar-refractivity contribution in [2.75, 3.05) is 0 Å². The number of rotatable bonds is 4. The molecule has 1 N–H and O–H groups in total. The number of aromatic amines is 1. The first-order chi connectivity index (χ1) is 10.6. The number of aromatic nitrogens is 2. The van der Waals surface area contributed by atoms with E-state index in [9.17, 15) is 9.59 Å².